The van der Waals surface area contributed by atoms with Crippen molar-refractivity contribution in [3.05, 3.63) is 17.5 Å². The van der Waals surface area contributed by atoms with Gasteiger partial charge in [0.2, 0.25) is 0 Å². The molecule has 0 atom stereocenters. The van der Waals surface area contributed by atoms with Gasteiger partial charge in [-0.15, -0.1) is 0 Å². The van der Waals surface area contributed by atoms with Gasteiger partial charge in [0.25, 0.3) is 0 Å². The second-order valence-electron chi connectivity index (χ2n) is 3.61. The molecule has 0 aliphatic heterocycles. The highest BCUT2D eigenvalue weighted by Crippen LogP contribution is 2.33. The van der Waals surface area contributed by atoms with Crippen LogP contribution >= 0.6 is 0 Å². The average molecular weight is 179 g/mol. The molecular weight excluding hydrogens is 166 g/mol. The maximum absolute atomic E-state index is 10.6. The number of carbonyl (C=O) groups is 1. The third-order valence-corrected chi connectivity index (χ3v) is 2.78. The van der Waals surface area contributed by atoms with Crippen molar-refractivity contribution in [2.45, 2.75) is 38.0 Å². The Morgan fingerprint density at radius 3 is 2.85 bits per heavy atom. The molecule has 0 amide bonds. The normalized spacial score (nSPS) is 18.8. The summed E-state index contributed by atoms with van der Waals surface area (Å²) in [5, 5.41) is 3.67. The van der Waals surface area contributed by atoms with Crippen molar-refractivity contribution < 1.29 is 9.32 Å². The Morgan fingerprint density at radius 1 is 1.38 bits per heavy atom. The molecule has 0 bridgehead atoms. The fourth-order valence-electron chi connectivity index (χ4n) is 2.06. The molecule has 1 aliphatic rings. The average Bonchev–Trinajstić information content (AvgIpc) is 2.67. The molecule has 70 valence electrons. The fourth-order valence-corrected chi connectivity index (χ4v) is 2.06. The smallest absolute Gasteiger partial charge is 0.172 e. The molecule has 1 aromatic heterocycles. The Labute approximate surface area is 77.1 Å². The number of hydrogen-bond acceptors (Lipinski definition) is 3. The molecule has 0 radical (unpaired) electrons. The van der Waals surface area contributed by atoms with Crippen LogP contribution in [0, 0.1) is 0 Å². The molecule has 0 spiro atoms. The van der Waals surface area contributed by atoms with Crippen molar-refractivity contribution in [2.75, 3.05) is 0 Å². The Kier molecular flexibility index (Phi) is 2.43. The van der Waals surface area contributed by atoms with E-state index >= 15 is 0 Å². The molecule has 0 aromatic carbocycles. The lowest BCUT2D eigenvalue weighted by Crippen LogP contribution is -2.05. The summed E-state index contributed by atoms with van der Waals surface area (Å²) in [6, 6.07) is 0. The molecule has 1 aromatic rings. The molecule has 3 heteroatoms. The van der Waals surface area contributed by atoms with E-state index in [9.17, 15) is 4.79 Å². The monoisotopic (exact) mass is 179 g/mol. The number of rotatable bonds is 2. The van der Waals surface area contributed by atoms with Gasteiger partial charge in [0.05, 0.1) is 0 Å². The summed E-state index contributed by atoms with van der Waals surface area (Å²) in [5.74, 6) is 0.500. The van der Waals surface area contributed by atoms with Crippen LogP contribution in [0.15, 0.2) is 10.8 Å². The van der Waals surface area contributed by atoms with Gasteiger partial charge < -0.3 is 4.52 Å². The lowest BCUT2D eigenvalue weighted by atomic mass is 9.84. The highest BCUT2D eigenvalue weighted by Gasteiger charge is 2.20. The van der Waals surface area contributed by atoms with Crippen LogP contribution in [0.3, 0.4) is 0 Å². The Balaban J connectivity index is 2.17. The van der Waals surface area contributed by atoms with Crippen molar-refractivity contribution in [3.63, 3.8) is 0 Å². The highest BCUT2D eigenvalue weighted by molar-refractivity contribution is 5.74. The molecule has 3 nitrogen and oxygen atoms in total. The molecule has 13 heavy (non-hydrogen) atoms. The van der Waals surface area contributed by atoms with E-state index in [1.165, 1.54) is 32.1 Å². The number of aromatic nitrogens is 1. The van der Waals surface area contributed by atoms with Crippen molar-refractivity contribution in [2.24, 2.45) is 0 Å². The number of hydrogen-bond donors (Lipinski definition) is 0. The SMILES string of the molecule is O=Cc1nocc1C1CCCCC1. The van der Waals surface area contributed by atoms with Crippen molar-refractivity contribution >= 4 is 6.29 Å². The molecule has 2 rings (SSSR count). The zero-order valence-electron chi connectivity index (χ0n) is 7.53. The van der Waals surface area contributed by atoms with E-state index in [0.717, 1.165) is 11.8 Å². The number of nitrogens with zero attached hydrogens (tertiary/aromatic N) is 1. The van der Waals surface area contributed by atoms with Crippen LogP contribution in [0.5, 0.6) is 0 Å². The number of carbonyl (C=O) groups excluding carboxylic acids is 1. The van der Waals surface area contributed by atoms with Crippen LogP contribution < -0.4 is 0 Å². The molecule has 1 aliphatic carbocycles. The lowest BCUT2D eigenvalue weighted by molar-refractivity contribution is 0.111. The summed E-state index contributed by atoms with van der Waals surface area (Å²) in [6.45, 7) is 0. The first kappa shape index (κ1) is 8.48. The Morgan fingerprint density at radius 2 is 2.15 bits per heavy atom. The first-order valence-corrected chi connectivity index (χ1v) is 4.81. The van der Waals surface area contributed by atoms with Crippen molar-refractivity contribution in [3.8, 4) is 0 Å². The molecule has 1 saturated carbocycles. The van der Waals surface area contributed by atoms with Gasteiger partial charge in [0.15, 0.2) is 6.29 Å². The standard InChI is InChI=1S/C10H13NO2/c12-6-10-9(7-13-11-10)8-4-2-1-3-5-8/h6-8H,1-5H2. The molecule has 0 saturated heterocycles. The number of aldehydes is 1. The first-order chi connectivity index (χ1) is 6.42. The third-order valence-electron chi connectivity index (χ3n) is 2.78. The summed E-state index contributed by atoms with van der Waals surface area (Å²) < 4.78 is 4.81. The topological polar surface area (TPSA) is 43.1 Å². The van der Waals surface area contributed by atoms with Crippen LogP contribution in [-0.4, -0.2) is 11.4 Å². The third kappa shape index (κ3) is 1.64. The fraction of sp³-hybridized carbons (Fsp3) is 0.600. The van der Waals surface area contributed by atoms with Gasteiger partial charge in [-0.1, -0.05) is 24.4 Å². The predicted molar refractivity (Wildman–Crippen MR) is 47.7 cm³/mol. The van der Waals surface area contributed by atoms with E-state index in [1.54, 1.807) is 6.26 Å². The van der Waals surface area contributed by atoms with Gasteiger partial charge in [-0.05, 0) is 18.8 Å². The molecule has 0 unspecified atom stereocenters. The zero-order valence-corrected chi connectivity index (χ0v) is 7.53. The van der Waals surface area contributed by atoms with E-state index in [0.29, 0.717) is 11.6 Å². The molecular formula is C10H13NO2. The quantitative estimate of drug-likeness (QED) is 0.655. The second kappa shape index (κ2) is 3.73. The van der Waals surface area contributed by atoms with Crippen LogP contribution in [0.25, 0.3) is 0 Å². The predicted octanol–water partition coefficient (Wildman–Crippen LogP) is 2.53. The van der Waals surface area contributed by atoms with Crippen molar-refractivity contribution in [1.29, 1.82) is 0 Å². The van der Waals surface area contributed by atoms with Crippen molar-refractivity contribution in [1.82, 2.24) is 5.16 Å². The van der Waals surface area contributed by atoms with E-state index < -0.39 is 0 Å². The van der Waals surface area contributed by atoms with Gasteiger partial charge >= 0.3 is 0 Å². The molecule has 1 fully saturated rings. The Bertz CT molecular complexity index is 287. The van der Waals surface area contributed by atoms with Gasteiger partial charge in [0.1, 0.15) is 12.0 Å². The van der Waals surface area contributed by atoms with Crippen LogP contribution in [0.4, 0.5) is 0 Å². The highest BCUT2D eigenvalue weighted by atomic mass is 16.5. The summed E-state index contributed by atoms with van der Waals surface area (Å²) >= 11 is 0. The van der Waals surface area contributed by atoms with E-state index in [2.05, 4.69) is 5.16 Å². The minimum atomic E-state index is 0.493. The van der Waals surface area contributed by atoms with Gasteiger partial charge in [-0.3, -0.25) is 4.79 Å². The van der Waals surface area contributed by atoms with Gasteiger partial charge in [0, 0.05) is 5.56 Å². The van der Waals surface area contributed by atoms with Crippen LogP contribution in [-0.2, 0) is 0 Å². The minimum absolute atomic E-state index is 0.493. The summed E-state index contributed by atoms with van der Waals surface area (Å²) in [6.07, 6.45) is 8.58. The first-order valence-electron chi connectivity index (χ1n) is 4.81. The lowest BCUT2D eigenvalue weighted by Gasteiger charge is -2.19. The largest absolute Gasteiger partial charge is 0.364 e. The summed E-state index contributed by atoms with van der Waals surface area (Å²) in [5.41, 5.74) is 1.50. The summed E-state index contributed by atoms with van der Waals surface area (Å²) in [4.78, 5) is 10.6. The maximum atomic E-state index is 10.6. The summed E-state index contributed by atoms with van der Waals surface area (Å²) in [7, 11) is 0. The van der Waals surface area contributed by atoms with Crippen LogP contribution in [0.2, 0.25) is 0 Å². The second-order valence-corrected chi connectivity index (χ2v) is 3.61. The Hall–Kier alpha value is -1.12. The molecule has 1 heterocycles. The van der Waals surface area contributed by atoms with E-state index in [4.69, 9.17) is 4.52 Å². The maximum Gasteiger partial charge on any atom is 0.172 e. The van der Waals surface area contributed by atoms with Gasteiger partial charge in [-0.25, -0.2) is 0 Å². The van der Waals surface area contributed by atoms with E-state index in [1.807, 2.05) is 0 Å². The minimum Gasteiger partial charge on any atom is -0.364 e. The zero-order chi connectivity index (χ0) is 9.10. The van der Waals surface area contributed by atoms with E-state index in [-0.39, 0.29) is 0 Å². The van der Waals surface area contributed by atoms with Crippen LogP contribution in [0.1, 0.15) is 54.1 Å². The van der Waals surface area contributed by atoms with Gasteiger partial charge in [-0.2, -0.15) is 0 Å². The molecule has 0 N–H and O–H groups in total.